The van der Waals surface area contributed by atoms with Crippen LogP contribution in [0, 0.1) is 0 Å². The van der Waals surface area contributed by atoms with Gasteiger partial charge in [0.05, 0.1) is 0 Å². The molecule has 0 aromatic heterocycles. The zero-order valence-electron chi connectivity index (χ0n) is 49.9. The second kappa shape index (κ2) is 63.2. The van der Waals surface area contributed by atoms with E-state index in [0.717, 1.165) is 77.0 Å². The van der Waals surface area contributed by atoms with E-state index in [1.807, 2.05) is 0 Å². The molecule has 0 amide bonds. The molecule has 6 nitrogen and oxygen atoms in total. The van der Waals surface area contributed by atoms with Crippen molar-refractivity contribution in [1.82, 2.24) is 0 Å². The van der Waals surface area contributed by atoms with Crippen LogP contribution in [0.2, 0.25) is 0 Å². The van der Waals surface area contributed by atoms with Crippen molar-refractivity contribution in [3.05, 3.63) is 36.5 Å². The lowest BCUT2D eigenvalue weighted by Crippen LogP contribution is -2.30. The zero-order chi connectivity index (χ0) is 53.6. The van der Waals surface area contributed by atoms with Crippen LogP contribution in [0.25, 0.3) is 0 Å². The Bertz CT molecular complexity index is 1240. The van der Waals surface area contributed by atoms with E-state index < -0.39 is 6.10 Å². The molecule has 0 radical (unpaired) electrons. The number of unbranched alkanes of at least 4 members (excludes halogenated alkanes) is 44. The highest BCUT2D eigenvalue weighted by atomic mass is 16.6. The van der Waals surface area contributed by atoms with Crippen LogP contribution in [-0.4, -0.2) is 37.2 Å². The van der Waals surface area contributed by atoms with Gasteiger partial charge >= 0.3 is 17.9 Å². The van der Waals surface area contributed by atoms with Gasteiger partial charge in [-0.3, -0.25) is 14.4 Å². The van der Waals surface area contributed by atoms with Crippen LogP contribution in [0.4, 0.5) is 0 Å². The first kappa shape index (κ1) is 71.6. The van der Waals surface area contributed by atoms with Gasteiger partial charge in [-0.25, -0.2) is 0 Å². The minimum Gasteiger partial charge on any atom is -0.462 e. The molecule has 0 saturated heterocycles. The third-order valence-electron chi connectivity index (χ3n) is 14.9. The van der Waals surface area contributed by atoms with Gasteiger partial charge in [-0.2, -0.15) is 0 Å². The van der Waals surface area contributed by atoms with E-state index in [0.29, 0.717) is 19.3 Å². The molecular formula is C68H126O6. The summed E-state index contributed by atoms with van der Waals surface area (Å²) in [7, 11) is 0. The molecule has 0 aliphatic rings. The van der Waals surface area contributed by atoms with Crippen molar-refractivity contribution in [2.75, 3.05) is 13.2 Å². The van der Waals surface area contributed by atoms with E-state index >= 15 is 0 Å². The number of allylic oxidation sites excluding steroid dienone is 6. The number of hydrogen-bond donors (Lipinski definition) is 0. The van der Waals surface area contributed by atoms with Crippen LogP contribution in [0.15, 0.2) is 36.5 Å². The predicted octanol–water partition coefficient (Wildman–Crippen LogP) is 22.4. The fourth-order valence-corrected chi connectivity index (χ4v) is 9.88. The van der Waals surface area contributed by atoms with Gasteiger partial charge in [0.2, 0.25) is 0 Å². The molecule has 0 spiro atoms. The first-order valence-electron chi connectivity index (χ1n) is 33.0. The van der Waals surface area contributed by atoms with Crippen LogP contribution >= 0.6 is 0 Å². The number of rotatable bonds is 61. The molecule has 0 aliphatic heterocycles. The Kier molecular flexibility index (Phi) is 61.1. The standard InChI is InChI=1S/C68H126O6/c1-4-7-10-13-16-19-22-25-28-30-32-33-34-35-36-38-40-43-46-49-52-55-58-61-67(70)73-64-65(63-72-66(69)60-57-54-51-48-45-42-39-27-24-21-18-15-12-9-6-3)74-68(71)62-59-56-53-50-47-44-41-37-31-29-26-23-20-17-14-11-8-5-2/h18,21,27,30,32,39,65H,4-17,19-20,22-26,28-29,31,33-38,40-64H2,1-3H3/b21-18-,32-30-,39-27-. The third-order valence-corrected chi connectivity index (χ3v) is 14.9. The van der Waals surface area contributed by atoms with Gasteiger partial charge < -0.3 is 14.2 Å². The van der Waals surface area contributed by atoms with Crippen molar-refractivity contribution in [3.63, 3.8) is 0 Å². The first-order chi connectivity index (χ1) is 36.5. The maximum absolute atomic E-state index is 12.9. The summed E-state index contributed by atoms with van der Waals surface area (Å²) in [5.74, 6) is -0.862. The second-order valence-electron chi connectivity index (χ2n) is 22.4. The molecule has 6 heteroatoms. The predicted molar refractivity (Wildman–Crippen MR) is 321 cm³/mol. The number of esters is 3. The highest BCUT2D eigenvalue weighted by Gasteiger charge is 2.19. The molecular weight excluding hydrogens is 913 g/mol. The minimum absolute atomic E-state index is 0.0727. The maximum atomic E-state index is 12.9. The Labute approximate surface area is 461 Å². The molecule has 0 heterocycles. The Morgan fingerprint density at radius 3 is 0.784 bits per heavy atom. The smallest absolute Gasteiger partial charge is 0.306 e. The van der Waals surface area contributed by atoms with Crippen molar-refractivity contribution in [3.8, 4) is 0 Å². The van der Waals surface area contributed by atoms with Crippen LogP contribution in [-0.2, 0) is 28.6 Å². The highest BCUT2D eigenvalue weighted by Crippen LogP contribution is 2.18. The molecule has 0 aromatic rings. The molecule has 0 saturated carbocycles. The Hall–Kier alpha value is -2.37. The van der Waals surface area contributed by atoms with Crippen molar-refractivity contribution in [1.29, 1.82) is 0 Å². The van der Waals surface area contributed by atoms with Crippen molar-refractivity contribution in [2.24, 2.45) is 0 Å². The van der Waals surface area contributed by atoms with Gasteiger partial charge in [0.25, 0.3) is 0 Å². The number of hydrogen-bond acceptors (Lipinski definition) is 6. The molecule has 0 aromatic carbocycles. The summed E-state index contributed by atoms with van der Waals surface area (Å²) in [4.78, 5) is 38.3. The van der Waals surface area contributed by atoms with Gasteiger partial charge in [0, 0.05) is 19.3 Å². The molecule has 1 atom stereocenters. The molecule has 0 aliphatic carbocycles. The minimum atomic E-state index is -0.776. The Balaban J connectivity index is 4.30. The molecule has 0 N–H and O–H groups in total. The van der Waals surface area contributed by atoms with Crippen LogP contribution < -0.4 is 0 Å². The maximum Gasteiger partial charge on any atom is 0.306 e. The number of carbonyl (C=O) groups excluding carboxylic acids is 3. The van der Waals surface area contributed by atoms with Gasteiger partial charge in [-0.15, -0.1) is 0 Å². The summed E-state index contributed by atoms with van der Waals surface area (Å²) in [5, 5.41) is 0. The number of carbonyl (C=O) groups is 3. The molecule has 1 unspecified atom stereocenters. The first-order valence-corrected chi connectivity index (χ1v) is 33.0. The normalized spacial score (nSPS) is 12.2. The van der Waals surface area contributed by atoms with E-state index in [4.69, 9.17) is 14.2 Å². The van der Waals surface area contributed by atoms with Crippen LogP contribution in [0.3, 0.4) is 0 Å². The van der Waals surface area contributed by atoms with Gasteiger partial charge in [-0.05, 0) is 77.0 Å². The zero-order valence-corrected chi connectivity index (χ0v) is 49.9. The second-order valence-corrected chi connectivity index (χ2v) is 22.4. The number of ether oxygens (including phenoxy) is 3. The summed E-state index contributed by atoms with van der Waals surface area (Å²) in [6, 6.07) is 0. The fraction of sp³-hybridized carbons (Fsp3) is 0.868. The lowest BCUT2D eigenvalue weighted by molar-refractivity contribution is -0.167. The fourth-order valence-electron chi connectivity index (χ4n) is 9.88. The van der Waals surface area contributed by atoms with Gasteiger partial charge in [0.1, 0.15) is 13.2 Å². The Morgan fingerprint density at radius 2 is 0.486 bits per heavy atom. The monoisotopic (exact) mass is 1040 g/mol. The summed E-state index contributed by atoms with van der Waals surface area (Å²) >= 11 is 0. The summed E-state index contributed by atoms with van der Waals surface area (Å²) < 4.78 is 17.0. The molecule has 0 bridgehead atoms. The molecule has 0 rings (SSSR count). The van der Waals surface area contributed by atoms with E-state index in [-0.39, 0.29) is 31.1 Å². The van der Waals surface area contributed by atoms with E-state index in [1.165, 1.54) is 244 Å². The lowest BCUT2D eigenvalue weighted by Gasteiger charge is -2.18. The molecule has 434 valence electrons. The van der Waals surface area contributed by atoms with E-state index in [2.05, 4.69) is 57.2 Å². The van der Waals surface area contributed by atoms with Gasteiger partial charge in [0.15, 0.2) is 6.10 Å². The topological polar surface area (TPSA) is 78.9 Å². The van der Waals surface area contributed by atoms with Crippen molar-refractivity contribution in [2.45, 2.75) is 367 Å². The van der Waals surface area contributed by atoms with Crippen LogP contribution in [0.1, 0.15) is 361 Å². The summed E-state index contributed by atoms with van der Waals surface area (Å²) in [6.45, 7) is 6.67. The third kappa shape index (κ3) is 60.5. The summed E-state index contributed by atoms with van der Waals surface area (Å²) in [5.41, 5.74) is 0. The average Bonchev–Trinajstić information content (AvgIpc) is 3.40. The lowest BCUT2D eigenvalue weighted by atomic mass is 10.0. The van der Waals surface area contributed by atoms with E-state index in [1.54, 1.807) is 0 Å². The highest BCUT2D eigenvalue weighted by molar-refractivity contribution is 5.71. The quantitative estimate of drug-likeness (QED) is 0.0261. The largest absolute Gasteiger partial charge is 0.462 e. The molecule has 0 fully saturated rings. The molecule has 74 heavy (non-hydrogen) atoms. The van der Waals surface area contributed by atoms with Crippen LogP contribution in [0.5, 0.6) is 0 Å². The van der Waals surface area contributed by atoms with Crippen molar-refractivity contribution >= 4 is 17.9 Å². The average molecular weight is 1040 g/mol. The van der Waals surface area contributed by atoms with E-state index in [9.17, 15) is 14.4 Å². The summed E-state index contributed by atoms with van der Waals surface area (Å²) in [6.07, 6.45) is 77.2. The van der Waals surface area contributed by atoms with Gasteiger partial charge in [-0.1, -0.05) is 301 Å². The SMILES string of the molecule is CCCCC/C=C\C/C=C\CCCCCCCC(=O)OCC(COC(=O)CCCCCCCCCCCCC/C=C\CCCCCCCCCC)OC(=O)CCCCCCCCCCCCCCCCCCCC. The Morgan fingerprint density at radius 1 is 0.270 bits per heavy atom. The van der Waals surface area contributed by atoms with Crippen molar-refractivity contribution < 1.29 is 28.6 Å².